The average Bonchev–Trinajstić information content (AvgIpc) is 2.78. The number of hydrogen-bond acceptors (Lipinski definition) is 4. The Morgan fingerprint density at radius 2 is 1.70 bits per heavy atom. The van der Waals surface area contributed by atoms with Crippen LogP contribution in [-0.2, 0) is 14.8 Å². The number of hydrogen-bond donors (Lipinski definition) is 2. The van der Waals surface area contributed by atoms with E-state index in [-0.39, 0.29) is 18.4 Å². The Balaban J connectivity index is 1.84. The van der Waals surface area contributed by atoms with Gasteiger partial charge >= 0.3 is 0 Å². The van der Waals surface area contributed by atoms with Crippen LogP contribution >= 0.6 is 11.6 Å². The first-order valence-corrected chi connectivity index (χ1v) is 13.4. The zero-order valence-electron chi connectivity index (χ0n) is 18.9. The second-order valence-electron chi connectivity index (χ2n) is 8.30. The lowest BCUT2D eigenvalue weighted by Gasteiger charge is -2.30. The Morgan fingerprint density at radius 1 is 1.06 bits per heavy atom. The van der Waals surface area contributed by atoms with Gasteiger partial charge < -0.3 is 10.6 Å². The Labute approximate surface area is 200 Å². The Morgan fingerprint density at radius 3 is 2.30 bits per heavy atom. The number of carbonyl (C=O) groups excluding carboxylic acids is 2. The molecular weight excluding hydrogens is 462 g/mol. The molecule has 1 atom stereocenters. The van der Waals surface area contributed by atoms with Gasteiger partial charge in [-0.3, -0.25) is 13.9 Å². The summed E-state index contributed by atoms with van der Waals surface area (Å²) in [6.07, 6.45) is 6.55. The second-order valence-corrected chi connectivity index (χ2v) is 10.6. The highest BCUT2D eigenvalue weighted by Gasteiger charge is 2.32. The molecule has 1 aliphatic rings. The van der Waals surface area contributed by atoms with Crippen LogP contribution in [0.25, 0.3) is 0 Å². The fourth-order valence-electron chi connectivity index (χ4n) is 4.16. The fourth-order valence-corrected chi connectivity index (χ4v) is 5.50. The molecule has 0 saturated heterocycles. The molecule has 0 radical (unpaired) electrons. The summed E-state index contributed by atoms with van der Waals surface area (Å²) in [4.78, 5) is 26.2. The molecule has 2 amide bonds. The fraction of sp³-hybridized carbons (Fsp3) is 0.417. The van der Waals surface area contributed by atoms with Crippen LogP contribution in [0.3, 0.4) is 0 Å². The molecule has 178 valence electrons. The topological polar surface area (TPSA) is 95.6 Å². The Bertz CT molecular complexity index is 1080. The van der Waals surface area contributed by atoms with E-state index in [1.54, 1.807) is 55.5 Å². The number of sulfonamides is 1. The summed E-state index contributed by atoms with van der Waals surface area (Å²) in [6, 6.07) is 12.2. The van der Waals surface area contributed by atoms with Gasteiger partial charge in [0.15, 0.2) is 0 Å². The standard InChI is InChI=1S/C24H30ClN3O4S/c1-3-22(28(33(2,31)32)19-15-13-17(25)14-16-19)24(30)27-21-12-8-7-11-20(21)23(29)26-18-9-5-4-6-10-18/h7-8,11-16,18,22H,3-6,9-10H2,1-2H3,(H,26,29)(H,27,30)/t22-/m1/s1. The maximum absolute atomic E-state index is 13.3. The van der Waals surface area contributed by atoms with E-state index in [4.69, 9.17) is 11.6 Å². The molecule has 0 unspecified atom stereocenters. The number of anilines is 2. The molecule has 2 N–H and O–H groups in total. The highest BCUT2D eigenvalue weighted by atomic mass is 35.5. The summed E-state index contributed by atoms with van der Waals surface area (Å²) >= 11 is 5.95. The number of carbonyl (C=O) groups is 2. The number of halogens is 1. The van der Waals surface area contributed by atoms with E-state index in [0.29, 0.717) is 22.0 Å². The number of amides is 2. The molecule has 1 fully saturated rings. The third-order valence-corrected chi connectivity index (χ3v) is 7.21. The average molecular weight is 492 g/mol. The molecule has 33 heavy (non-hydrogen) atoms. The predicted octanol–water partition coefficient (Wildman–Crippen LogP) is 4.59. The van der Waals surface area contributed by atoms with Gasteiger partial charge in [-0.15, -0.1) is 0 Å². The van der Waals surface area contributed by atoms with Gasteiger partial charge in [-0.05, 0) is 55.7 Å². The van der Waals surface area contributed by atoms with Crippen LogP contribution in [-0.4, -0.2) is 38.6 Å². The molecular formula is C24H30ClN3O4S. The largest absolute Gasteiger partial charge is 0.349 e. The van der Waals surface area contributed by atoms with Gasteiger partial charge in [0.05, 0.1) is 23.2 Å². The van der Waals surface area contributed by atoms with Crippen molar-refractivity contribution in [2.75, 3.05) is 15.9 Å². The molecule has 0 spiro atoms. The van der Waals surface area contributed by atoms with E-state index < -0.39 is 22.0 Å². The van der Waals surface area contributed by atoms with Gasteiger partial charge in [0, 0.05) is 11.1 Å². The second kappa shape index (κ2) is 11.0. The van der Waals surface area contributed by atoms with E-state index in [1.807, 2.05) is 0 Å². The summed E-state index contributed by atoms with van der Waals surface area (Å²) in [5.74, 6) is -0.765. The van der Waals surface area contributed by atoms with Crippen molar-refractivity contribution < 1.29 is 18.0 Å². The van der Waals surface area contributed by atoms with Crippen molar-refractivity contribution in [3.05, 3.63) is 59.1 Å². The lowest BCUT2D eigenvalue weighted by atomic mass is 9.95. The number of nitrogens with one attached hydrogen (secondary N) is 2. The summed E-state index contributed by atoms with van der Waals surface area (Å²) in [5, 5.41) is 6.30. The molecule has 3 rings (SSSR count). The first-order chi connectivity index (χ1) is 15.7. The molecule has 7 nitrogen and oxygen atoms in total. The van der Waals surface area contributed by atoms with Crippen molar-refractivity contribution in [1.82, 2.24) is 5.32 Å². The highest BCUT2D eigenvalue weighted by molar-refractivity contribution is 7.92. The maximum Gasteiger partial charge on any atom is 0.253 e. The highest BCUT2D eigenvalue weighted by Crippen LogP contribution is 2.26. The van der Waals surface area contributed by atoms with Gasteiger partial charge in [-0.25, -0.2) is 8.42 Å². The molecule has 9 heteroatoms. The molecule has 1 saturated carbocycles. The molecule has 2 aromatic carbocycles. The number of nitrogens with zero attached hydrogens (tertiary/aromatic N) is 1. The summed E-state index contributed by atoms with van der Waals surface area (Å²) < 4.78 is 26.3. The van der Waals surface area contributed by atoms with Crippen molar-refractivity contribution in [3.8, 4) is 0 Å². The molecule has 0 heterocycles. The Hall–Kier alpha value is -2.58. The molecule has 0 bridgehead atoms. The van der Waals surface area contributed by atoms with E-state index >= 15 is 0 Å². The van der Waals surface area contributed by atoms with Crippen LogP contribution in [0.5, 0.6) is 0 Å². The molecule has 0 aliphatic heterocycles. The molecule has 0 aromatic heterocycles. The van der Waals surface area contributed by atoms with Crippen LogP contribution < -0.4 is 14.9 Å². The van der Waals surface area contributed by atoms with E-state index in [0.717, 1.165) is 36.2 Å². The minimum atomic E-state index is -3.77. The molecule has 2 aromatic rings. The minimum absolute atomic E-state index is 0.129. The van der Waals surface area contributed by atoms with Crippen LogP contribution in [0.1, 0.15) is 55.8 Å². The van der Waals surface area contributed by atoms with Crippen molar-refractivity contribution in [2.45, 2.75) is 57.5 Å². The van der Waals surface area contributed by atoms with Gasteiger partial charge in [-0.2, -0.15) is 0 Å². The third-order valence-electron chi connectivity index (χ3n) is 5.78. The minimum Gasteiger partial charge on any atom is -0.349 e. The lowest BCUT2D eigenvalue weighted by molar-refractivity contribution is -0.117. The Kier molecular flexibility index (Phi) is 8.37. The third kappa shape index (κ3) is 6.48. The zero-order valence-corrected chi connectivity index (χ0v) is 20.5. The maximum atomic E-state index is 13.3. The smallest absolute Gasteiger partial charge is 0.253 e. The van der Waals surface area contributed by atoms with Gasteiger partial charge in [-0.1, -0.05) is 49.9 Å². The van der Waals surface area contributed by atoms with Gasteiger partial charge in [0.1, 0.15) is 6.04 Å². The molecule has 1 aliphatic carbocycles. The number of benzene rings is 2. The van der Waals surface area contributed by atoms with Crippen LogP contribution in [0.4, 0.5) is 11.4 Å². The van der Waals surface area contributed by atoms with Gasteiger partial charge in [0.2, 0.25) is 15.9 Å². The quantitative estimate of drug-likeness (QED) is 0.564. The first kappa shape index (κ1) is 25.1. The zero-order chi connectivity index (χ0) is 24.0. The summed E-state index contributed by atoms with van der Waals surface area (Å²) in [6.45, 7) is 1.74. The van der Waals surface area contributed by atoms with Crippen LogP contribution in [0.15, 0.2) is 48.5 Å². The lowest BCUT2D eigenvalue weighted by Crippen LogP contribution is -2.47. The van der Waals surface area contributed by atoms with E-state index in [9.17, 15) is 18.0 Å². The predicted molar refractivity (Wildman–Crippen MR) is 132 cm³/mol. The first-order valence-electron chi connectivity index (χ1n) is 11.2. The van der Waals surface area contributed by atoms with Crippen molar-refractivity contribution in [3.63, 3.8) is 0 Å². The summed E-state index contributed by atoms with van der Waals surface area (Å²) in [5.41, 5.74) is 1.04. The number of rotatable bonds is 8. The van der Waals surface area contributed by atoms with Crippen molar-refractivity contribution in [1.29, 1.82) is 0 Å². The normalized spacial score (nSPS) is 15.5. The number of para-hydroxylation sites is 1. The summed E-state index contributed by atoms with van der Waals surface area (Å²) in [7, 11) is -3.77. The van der Waals surface area contributed by atoms with Gasteiger partial charge in [0.25, 0.3) is 5.91 Å². The van der Waals surface area contributed by atoms with Crippen molar-refractivity contribution in [2.24, 2.45) is 0 Å². The van der Waals surface area contributed by atoms with E-state index in [2.05, 4.69) is 10.6 Å². The van der Waals surface area contributed by atoms with Crippen LogP contribution in [0, 0.1) is 0 Å². The van der Waals surface area contributed by atoms with Crippen molar-refractivity contribution >= 4 is 44.8 Å². The monoisotopic (exact) mass is 491 g/mol. The van der Waals surface area contributed by atoms with E-state index in [1.165, 1.54) is 6.42 Å². The van der Waals surface area contributed by atoms with Crippen LogP contribution in [0.2, 0.25) is 5.02 Å². The SMILES string of the molecule is CC[C@H](C(=O)Nc1ccccc1C(=O)NC1CCCCC1)N(c1ccc(Cl)cc1)S(C)(=O)=O.